The predicted octanol–water partition coefficient (Wildman–Crippen LogP) is 10.9. The lowest BCUT2D eigenvalue weighted by molar-refractivity contribution is -0.136. The maximum absolute atomic E-state index is 13.5. The number of nitrogens with one attached hydrogen (secondary N) is 2. The number of anilines is 4. The highest BCUT2D eigenvalue weighted by Crippen LogP contribution is 2.39. The molecule has 24 heteroatoms. The number of piperidine rings is 2. The molecule has 0 unspecified atom stereocenters. The monoisotopic (exact) mass is 1320 g/mol. The summed E-state index contributed by atoms with van der Waals surface area (Å²) in [5.41, 5.74) is 18.5. The van der Waals surface area contributed by atoms with Crippen molar-refractivity contribution in [1.29, 1.82) is 0 Å². The van der Waals surface area contributed by atoms with Gasteiger partial charge in [0.1, 0.15) is 34.8 Å². The second-order valence-corrected chi connectivity index (χ2v) is 25.0. The van der Waals surface area contributed by atoms with E-state index in [1.54, 1.807) is 84.9 Å². The lowest BCUT2D eigenvalue weighted by Crippen LogP contribution is -2.42. The molecule has 10 aromatic rings. The van der Waals surface area contributed by atoms with Gasteiger partial charge in [0, 0.05) is 108 Å². The molecule has 0 aliphatic carbocycles. The van der Waals surface area contributed by atoms with Crippen molar-refractivity contribution in [2.45, 2.75) is 127 Å². The molecule has 24 nitrogen and oxygen atoms in total. The Balaban J connectivity index is 0.000000240. The lowest BCUT2D eigenvalue weighted by Gasteiger charge is -2.33. The molecule has 0 saturated carbocycles. The molecule has 8 heterocycles. The first-order valence-electron chi connectivity index (χ1n) is 31.6. The molecule has 0 spiro atoms. The number of fused-ring (bicyclic) bond motifs is 2. The zero-order valence-corrected chi connectivity index (χ0v) is 53.8. The molecule has 2 aliphatic heterocycles. The van der Waals surface area contributed by atoms with Crippen LogP contribution >= 0.6 is 0 Å². The molecule has 2 fully saturated rings. The van der Waals surface area contributed by atoms with Crippen molar-refractivity contribution in [1.82, 2.24) is 57.3 Å². The molecular weight excluding hydrogens is 1230 g/mol. The summed E-state index contributed by atoms with van der Waals surface area (Å²) < 4.78 is 8.48. The number of hydrogen-bond donors (Lipinski definition) is 4. The van der Waals surface area contributed by atoms with Gasteiger partial charge in [-0.05, 0) is 125 Å². The summed E-state index contributed by atoms with van der Waals surface area (Å²) in [4.78, 5) is 118. The summed E-state index contributed by atoms with van der Waals surface area (Å²) in [5.74, 6) is 0.103. The maximum Gasteiger partial charge on any atom is 0.335 e. The minimum absolute atomic E-state index is 0. The zero-order chi connectivity index (χ0) is 66.8. The standard InChI is InChI=1S/2C35H38N8O4.3CH4/c2*1-21(2)33(45)40-16-14-24(15-17-40)29-18-27(30-31(36)37-20-38-43(29)30)23-10-12-25(13-11-23)39-32(44)28-19-41(22(3)4)35(47)42(34(28)46)26-8-6-5-7-9-26;;;/h2*5-13,18-22,24H,14-17H2,1-4H3,(H,39,44)(H2,36,37,38);3*1H4. The Labute approximate surface area is 563 Å². The van der Waals surface area contributed by atoms with Gasteiger partial charge < -0.3 is 31.9 Å². The number of nitrogen functional groups attached to an aromatic ring is 2. The van der Waals surface area contributed by atoms with Crippen molar-refractivity contribution >= 4 is 57.7 Å². The van der Waals surface area contributed by atoms with Crippen LogP contribution in [0.4, 0.5) is 23.0 Å². The molecule has 4 aromatic carbocycles. The molecule has 97 heavy (non-hydrogen) atoms. The van der Waals surface area contributed by atoms with Crippen molar-refractivity contribution in [3.05, 3.63) is 211 Å². The summed E-state index contributed by atoms with van der Waals surface area (Å²) in [6.45, 7) is 17.7. The number of carbonyl (C=O) groups is 4. The minimum Gasteiger partial charge on any atom is -0.382 e. The molecule has 12 rings (SSSR count). The third-order valence-electron chi connectivity index (χ3n) is 17.4. The van der Waals surface area contributed by atoms with Crippen molar-refractivity contribution < 1.29 is 19.2 Å². The van der Waals surface area contributed by atoms with E-state index in [1.807, 2.05) is 98.5 Å². The number of rotatable bonds is 14. The third-order valence-corrected chi connectivity index (χ3v) is 17.4. The van der Waals surface area contributed by atoms with Gasteiger partial charge in [0.15, 0.2) is 11.6 Å². The van der Waals surface area contributed by atoms with E-state index in [0.29, 0.717) is 71.6 Å². The highest BCUT2D eigenvalue weighted by Gasteiger charge is 2.31. The van der Waals surface area contributed by atoms with E-state index in [9.17, 15) is 38.4 Å². The highest BCUT2D eigenvalue weighted by molar-refractivity contribution is 6.05. The van der Waals surface area contributed by atoms with Gasteiger partial charge in [0.25, 0.3) is 22.9 Å². The highest BCUT2D eigenvalue weighted by atomic mass is 16.2. The average Bonchev–Trinajstić information content (AvgIpc) is 1.73. The molecule has 2 aliphatic rings. The van der Waals surface area contributed by atoms with Crippen molar-refractivity contribution in [3.63, 3.8) is 0 Å². The molecule has 4 amide bonds. The Morgan fingerprint density at radius 1 is 0.474 bits per heavy atom. The number of nitrogens with two attached hydrogens (primary N) is 2. The molecule has 2 saturated heterocycles. The van der Waals surface area contributed by atoms with Gasteiger partial charge in [-0.1, -0.05) is 111 Å². The Hall–Kier alpha value is -11.0. The Morgan fingerprint density at radius 3 is 1.11 bits per heavy atom. The first-order chi connectivity index (χ1) is 45.1. The van der Waals surface area contributed by atoms with Crippen molar-refractivity contribution in [2.24, 2.45) is 11.8 Å². The van der Waals surface area contributed by atoms with E-state index in [1.165, 1.54) is 34.2 Å². The molecule has 508 valence electrons. The number of carbonyl (C=O) groups excluding carboxylic acids is 4. The minimum atomic E-state index is -0.699. The van der Waals surface area contributed by atoms with Crippen LogP contribution in [0.15, 0.2) is 166 Å². The largest absolute Gasteiger partial charge is 0.382 e. The number of nitrogens with zero attached hydrogens (tertiary/aromatic N) is 12. The molecule has 0 radical (unpaired) electrons. The van der Waals surface area contributed by atoms with Crippen molar-refractivity contribution in [2.75, 3.05) is 48.3 Å². The number of para-hydroxylation sites is 2. The van der Waals surface area contributed by atoms with Crippen molar-refractivity contribution in [3.8, 4) is 33.6 Å². The van der Waals surface area contributed by atoms with E-state index in [2.05, 4.69) is 42.9 Å². The fourth-order valence-electron chi connectivity index (χ4n) is 12.4. The Bertz CT molecular complexity index is 4440. The van der Waals surface area contributed by atoms with E-state index in [0.717, 1.165) is 68.5 Å². The fraction of sp³-hybridized carbons (Fsp3) is 0.342. The number of aromatic nitrogens is 10. The SMILES string of the molecule is C.C.C.CC(C)C(=O)N1CCC(c2cc(-c3ccc(NC(=O)c4cn(C(C)C)c(=O)n(-c5ccccc5)c4=O)cc3)c3c(N)ncnn23)CC1.CC(C)C(=O)N1CCC(c2cc(-c3ccc(NC(=O)c4cn(C(C)C)c(=O)n(-c5ccccc5)c4=O)cc3)c3c(N)ncnn23)CC1. The van der Waals surface area contributed by atoms with Gasteiger partial charge in [-0.3, -0.25) is 37.9 Å². The Morgan fingerprint density at radius 2 is 0.804 bits per heavy atom. The van der Waals surface area contributed by atoms with E-state index >= 15 is 0 Å². The smallest absolute Gasteiger partial charge is 0.335 e. The summed E-state index contributed by atoms with van der Waals surface area (Å²) >= 11 is 0. The summed E-state index contributed by atoms with van der Waals surface area (Å²) in [5, 5.41) is 14.7. The number of hydrogen-bond acceptors (Lipinski definition) is 14. The molecular formula is C73H88N16O8. The second kappa shape index (κ2) is 30.1. The quantitative estimate of drug-likeness (QED) is 0.0787. The number of amides is 4. The van der Waals surface area contributed by atoms with Crippen LogP contribution in [0.25, 0.3) is 44.7 Å². The fourth-order valence-corrected chi connectivity index (χ4v) is 12.4. The molecule has 0 atom stereocenters. The maximum atomic E-state index is 13.5. The number of likely N-dealkylation sites (tertiary alicyclic amines) is 2. The molecule has 0 bridgehead atoms. The van der Waals surface area contributed by atoms with Gasteiger partial charge in [-0.15, -0.1) is 0 Å². The summed E-state index contributed by atoms with van der Waals surface area (Å²) in [6.07, 6.45) is 8.78. The van der Waals surface area contributed by atoms with Crippen LogP contribution in [0.1, 0.15) is 159 Å². The van der Waals surface area contributed by atoms with E-state index in [-0.39, 0.29) is 81.0 Å². The van der Waals surface area contributed by atoms with Crippen LogP contribution < -0.4 is 44.6 Å². The van der Waals surface area contributed by atoms with Crippen LogP contribution in [0.3, 0.4) is 0 Å². The normalized spacial score (nSPS) is 13.4. The topological polar surface area (TPSA) is 299 Å². The Kier molecular flexibility index (Phi) is 22.3. The van der Waals surface area contributed by atoms with Crippen LogP contribution in [0.5, 0.6) is 0 Å². The lowest BCUT2D eigenvalue weighted by atomic mass is 9.92. The van der Waals surface area contributed by atoms with Gasteiger partial charge in [-0.25, -0.2) is 37.7 Å². The van der Waals surface area contributed by atoms with Gasteiger partial charge in [0.05, 0.1) is 11.4 Å². The van der Waals surface area contributed by atoms with Gasteiger partial charge >= 0.3 is 11.4 Å². The van der Waals surface area contributed by atoms with Crippen LogP contribution in [-0.4, -0.2) is 107 Å². The first-order valence-corrected chi connectivity index (χ1v) is 31.6. The first kappa shape index (κ1) is 71.8. The van der Waals surface area contributed by atoms with Gasteiger partial charge in [0.2, 0.25) is 11.8 Å². The van der Waals surface area contributed by atoms with Crippen LogP contribution in [0.2, 0.25) is 0 Å². The summed E-state index contributed by atoms with van der Waals surface area (Å²) in [7, 11) is 0. The summed E-state index contributed by atoms with van der Waals surface area (Å²) in [6, 6.07) is 35.2. The second-order valence-electron chi connectivity index (χ2n) is 25.0. The number of benzene rings is 4. The van der Waals surface area contributed by atoms with E-state index in [4.69, 9.17) is 11.5 Å². The zero-order valence-electron chi connectivity index (χ0n) is 53.8. The van der Waals surface area contributed by atoms with Crippen LogP contribution in [0, 0.1) is 11.8 Å². The molecule has 6 N–H and O–H groups in total. The average molecular weight is 1320 g/mol. The predicted molar refractivity (Wildman–Crippen MR) is 382 cm³/mol. The third kappa shape index (κ3) is 14.5. The van der Waals surface area contributed by atoms with Gasteiger partial charge in [-0.2, -0.15) is 10.2 Å². The van der Waals surface area contributed by atoms with Crippen LogP contribution in [-0.2, 0) is 9.59 Å². The van der Waals surface area contributed by atoms with E-state index < -0.39 is 34.3 Å². The molecule has 6 aromatic heterocycles.